The largest absolute Gasteiger partial charge is 0.326 e. The van der Waals surface area contributed by atoms with Crippen LogP contribution >= 0.6 is 0 Å². The standard InChI is InChI=1S/C29H32N2O4S/c1-29(2,3)24-14-12-21(13-15-24)27(32)23-8-7-9-25(20-23)30-28(33)22-16-18-31(19-17-22)36(34,35)26-10-5-4-6-11-26/h4-15,20,22H,16-19H2,1-3H3,(H,30,33). The van der Waals surface area contributed by atoms with Gasteiger partial charge in [-0.15, -0.1) is 0 Å². The van der Waals surface area contributed by atoms with Gasteiger partial charge in [-0.1, -0.05) is 75.4 Å². The molecule has 1 heterocycles. The van der Waals surface area contributed by atoms with Gasteiger partial charge in [0.05, 0.1) is 4.90 Å². The third-order valence-electron chi connectivity index (χ3n) is 6.61. The number of anilines is 1. The normalized spacial score (nSPS) is 15.4. The van der Waals surface area contributed by atoms with E-state index in [2.05, 4.69) is 26.1 Å². The van der Waals surface area contributed by atoms with Crippen LogP contribution in [0.2, 0.25) is 0 Å². The van der Waals surface area contributed by atoms with Crippen LogP contribution in [0.4, 0.5) is 5.69 Å². The summed E-state index contributed by atoms with van der Waals surface area (Å²) in [6, 6.07) is 22.9. The molecule has 188 valence electrons. The van der Waals surface area contributed by atoms with Crippen molar-refractivity contribution in [1.29, 1.82) is 0 Å². The molecule has 6 nitrogen and oxygen atoms in total. The zero-order chi connectivity index (χ0) is 25.9. The van der Waals surface area contributed by atoms with Gasteiger partial charge in [0.15, 0.2) is 5.78 Å². The number of piperidine rings is 1. The number of ketones is 1. The number of rotatable bonds is 6. The van der Waals surface area contributed by atoms with Crippen LogP contribution in [0.15, 0.2) is 83.8 Å². The summed E-state index contributed by atoms with van der Waals surface area (Å²) in [6.45, 7) is 6.96. The fourth-order valence-electron chi connectivity index (χ4n) is 4.37. The molecule has 1 saturated heterocycles. The lowest BCUT2D eigenvalue weighted by atomic mass is 9.86. The number of sulfonamides is 1. The van der Waals surface area contributed by atoms with Crippen LogP contribution in [-0.4, -0.2) is 37.5 Å². The van der Waals surface area contributed by atoms with Gasteiger partial charge in [0.2, 0.25) is 15.9 Å². The third-order valence-corrected chi connectivity index (χ3v) is 8.52. The average molecular weight is 505 g/mol. The third kappa shape index (κ3) is 5.74. The minimum Gasteiger partial charge on any atom is -0.326 e. The Kier molecular flexibility index (Phi) is 7.43. The molecule has 0 radical (unpaired) electrons. The van der Waals surface area contributed by atoms with E-state index in [4.69, 9.17) is 0 Å². The predicted octanol–water partition coefficient (Wildman–Crippen LogP) is 5.25. The Balaban J connectivity index is 1.38. The lowest BCUT2D eigenvalue weighted by Crippen LogP contribution is -2.41. The lowest BCUT2D eigenvalue weighted by molar-refractivity contribution is -0.120. The van der Waals surface area contributed by atoms with Gasteiger partial charge < -0.3 is 5.32 Å². The number of hydrogen-bond donors (Lipinski definition) is 1. The predicted molar refractivity (Wildman–Crippen MR) is 142 cm³/mol. The fraction of sp³-hybridized carbons (Fsp3) is 0.310. The molecule has 1 N–H and O–H groups in total. The monoisotopic (exact) mass is 504 g/mol. The van der Waals surface area contributed by atoms with Crippen LogP contribution in [0.5, 0.6) is 0 Å². The van der Waals surface area contributed by atoms with Gasteiger partial charge in [-0.25, -0.2) is 8.42 Å². The van der Waals surface area contributed by atoms with Crippen molar-refractivity contribution in [3.05, 3.63) is 95.6 Å². The zero-order valence-corrected chi connectivity index (χ0v) is 21.7. The molecule has 1 aliphatic rings. The Morgan fingerprint density at radius 3 is 2.08 bits per heavy atom. The van der Waals surface area contributed by atoms with Crippen molar-refractivity contribution in [3.63, 3.8) is 0 Å². The minimum atomic E-state index is -3.56. The number of amides is 1. The summed E-state index contributed by atoms with van der Waals surface area (Å²) in [6.07, 6.45) is 0.882. The molecule has 0 saturated carbocycles. The molecule has 36 heavy (non-hydrogen) atoms. The maximum absolute atomic E-state index is 13.0. The molecule has 1 aliphatic heterocycles. The Labute approximate surface area is 213 Å². The summed E-state index contributed by atoms with van der Waals surface area (Å²) >= 11 is 0. The summed E-state index contributed by atoms with van der Waals surface area (Å²) in [5.74, 6) is -0.562. The number of carbonyl (C=O) groups is 2. The van der Waals surface area contributed by atoms with Crippen LogP contribution in [0.3, 0.4) is 0 Å². The summed E-state index contributed by atoms with van der Waals surface area (Å²) in [5.41, 5.74) is 2.81. The number of hydrogen-bond acceptors (Lipinski definition) is 4. The van der Waals surface area contributed by atoms with E-state index in [1.54, 1.807) is 54.6 Å². The van der Waals surface area contributed by atoms with E-state index in [-0.39, 0.29) is 27.9 Å². The first-order valence-electron chi connectivity index (χ1n) is 12.2. The fourth-order valence-corrected chi connectivity index (χ4v) is 5.86. The van der Waals surface area contributed by atoms with Crippen molar-refractivity contribution in [3.8, 4) is 0 Å². The van der Waals surface area contributed by atoms with Crippen LogP contribution in [0.25, 0.3) is 0 Å². The average Bonchev–Trinajstić information content (AvgIpc) is 2.88. The van der Waals surface area contributed by atoms with Crippen molar-refractivity contribution >= 4 is 27.4 Å². The van der Waals surface area contributed by atoms with Crippen molar-refractivity contribution in [1.82, 2.24) is 4.31 Å². The van der Waals surface area contributed by atoms with Crippen LogP contribution in [0.1, 0.15) is 55.1 Å². The number of nitrogens with one attached hydrogen (secondary N) is 1. The first-order valence-corrected chi connectivity index (χ1v) is 13.6. The van der Waals surface area contributed by atoms with E-state index < -0.39 is 10.0 Å². The first-order chi connectivity index (χ1) is 17.1. The van der Waals surface area contributed by atoms with Gasteiger partial charge in [0.25, 0.3) is 0 Å². The molecular formula is C29H32N2O4S. The van der Waals surface area contributed by atoms with Crippen molar-refractivity contribution in [2.24, 2.45) is 5.92 Å². The van der Waals surface area contributed by atoms with E-state index in [1.807, 2.05) is 24.3 Å². The molecule has 3 aromatic carbocycles. The van der Waals surface area contributed by atoms with Gasteiger partial charge in [-0.05, 0) is 48.1 Å². The molecule has 0 unspecified atom stereocenters. The van der Waals surface area contributed by atoms with Crippen molar-refractivity contribution in [2.45, 2.75) is 43.9 Å². The summed E-state index contributed by atoms with van der Waals surface area (Å²) < 4.78 is 27.1. The number of carbonyl (C=O) groups excluding carboxylic acids is 2. The van der Waals surface area contributed by atoms with E-state index >= 15 is 0 Å². The molecular weight excluding hydrogens is 472 g/mol. The highest BCUT2D eigenvalue weighted by Crippen LogP contribution is 2.26. The van der Waals surface area contributed by atoms with Gasteiger partial charge in [0, 0.05) is 35.8 Å². The van der Waals surface area contributed by atoms with E-state index in [1.165, 1.54) is 4.31 Å². The molecule has 0 aromatic heterocycles. The second kappa shape index (κ2) is 10.4. The van der Waals surface area contributed by atoms with Gasteiger partial charge in [-0.2, -0.15) is 4.31 Å². The smallest absolute Gasteiger partial charge is 0.243 e. The second-order valence-electron chi connectivity index (χ2n) is 10.2. The maximum Gasteiger partial charge on any atom is 0.243 e. The Bertz CT molecular complexity index is 1340. The van der Waals surface area contributed by atoms with Crippen molar-refractivity contribution < 1.29 is 18.0 Å². The van der Waals surface area contributed by atoms with E-state index in [0.29, 0.717) is 42.7 Å². The van der Waals surface area contributed by atoms with Gasteiger partial charge >= 0.3 is 0 Å². The molecule has 0 atom stereocenters. The molecule has 7 heteroatoms. The lowest BCUT2D eigenvalue weighted by Gasteiger charge is -2.30. The topological polar surface area (TPSA) is 83.6 Å². The molecule has 1 amide bonds. The summed E-state index contributed by atoms with van der Waals surface area (Å²) in [7, 11) is -3.56. The highest BCUT2D eigenvalue weighted by atomic mass is 32.2. The molecule has 4 rings (SSSR count). The second-order valence-corrected chi connectivity index (χ2v) is 12.2. The first kappa shape index (κ1) is 25.8. The van der Waals surface area contributed by atoms with E-state index in [9.17, 15) is 18.0 Å². The van der Waals surface area contributed by atoms with Gasteiger partial charge in [0.1, 0.15) is 0 Å². The zero-order valence-electron chi connectivity index (χ0n) is 20.9. The number of nitrogens with zero attached hydrogens (tertiary/aromatic N) is 1. The van der Waals surface area contributed by atoms with Crippen molar-refractivity contribution in [2.75, 3.05) is 18.4 Å². The van der Waals surface area contributed by atoms with Crippen LogP contribution in [0, 0.1) is 5.92 Å². The SMILES string of the molecule is CC(C)(C)c1ccc(C(=O)c2cccc(NC(=O)C3CCN(S(=O)(=O)c4ccccc4)CC3)c2)cc1. The molecule has 1 fully saturated rings. The Morgan fingerprint density at radius 2 is 1.47 bits per heavy atom. The maximum atomic E-state index is 13.0. The minimum absolute atomic E-state index is 0.00760. The van der Waals surface area contributed by atoms with Crippen LogP contribution in [-0.2, 0) is 20.2 Å². The summed E-state index contributed by atoms with van der Waals surface area (Å²) in [5, 5.41) is 2.91. The quantitative estimate of drug-likeness (QED) is 0.465. The van der Waals surface area contributed by atoms with Crippen LogP contribution < -0.4 is 5.32 Å². The van der Waals surface area contributed by atoms with Gasteiger partial charge in [-0.3, -0.25) is 9.59 Å². The highest BCUT2D eigenvalue weighted by molar-refractivity contribution is 7.89. The highest BCUT2D eigenvalue weighted by Gasteiger charge is 2.32. The van der Waals surface area contributed by atoms with E-state index in [0.717, 1.165) is 5.56 Å². The molecule has 0 bridgehead atoms. The Morgan fingerprint density at radius 1 is 0.833 bits per heavy atom. The number of benzene rings is 3. The summed E-state index contributed by atoms with van der Waals surface area (Å²) in [4.78, 5) is 26.2. The molecule has 3 aromatic rings. The Hall–Kier alpha value is -3.29. The molecule has 0 spiro atoms. The molecule has 0 aliphatic carbocycles.